The molecule has 1 aliphatic rings. The summed E-state index contributed by atoms with van der Waals surface area (Å²) in [4.78, 5) is 2.59. The summed E-state index contributed by atoms with van der Waals surface area (Å²) in [6, 6.07) is 10.0. The SMILES string of the molecule is CC(CNCCCOc1ccccc1)CN1CCCC1. The molecule has 3 heteroatoms. The Morgan fingerprint density at radius 3 is 2.70 bits per heavy atom. The Bertz CT molecular complexity index is 349. The van der Waals surface area contributed by atoms with Crippen LogP contribution < -0.4 is 10.1 Å². The number of nitrogens with one attached hydrogen (secondary N) is 1. The van der Waals surface area contributed by atoms with Gasteiger partial charge in [-0.25, -0.2) is 0 Å². The summed E-state index contributed by atoms with van der Waals surface area (Å²) >= 11 is 0. The van der Waals surface area contributed by atoms with Gasteiger partial charge in [0.05, 0.1) is 6.61 Å². The number of hydrogen-bond donors (Lipinski definition) is 1. The fourth-order valence-corrected chi connectivity index (χ4v) is 2.72. The molecule has 1 aromatic rings. The van der Waals surface area contributed by atoms with Gasteiger partial charge in [0.15, 0.2) is 0 Å². The predicted octanol–water partition coefficient (Wildman–Crippen LogP) is 2.78. The molecule has 1 saturated heterocycles. The minimum absolute atomic E-state index is 0.739. The van der Waals surface area contributed by atoms with E-state index in [1.807, 2.05) is 30.3 Å². The Morgan fingerprint density at radius 1 is 1.20 bits per heavy atom. The van der Waals surface area contributed by atoms with E-state index in [0.29, 0.717) is 0 Å². The van der Waals surface area contributed by atoms with Gasteiger partial charge < -0.3 is 15.0 Å². The Hall–Kier alpha value is -1.06. The Morgan fingerprint density at radius 2 is 1.95 bits per heavy atom. The number of ether oxygens (including phenoxy) is 1. The van der Waals surface area contributed by atoms with E-state index in [2.05, 4.69) is 17.1 Å². The summed E-state index contributed by atoms with van der Waals surface area (Å²) < 4.78 is 5.67. The summed E-state index contributed by atoms with van der Waals surface area (Å²) in [5.41, 5.74) is 0. The summed E-state index contributed by atoms with van der Waals surface area (Å²) in [7, 11) is 0. The first kappa shape index (κ1) is 15.3. The van der Waals surface area contributed by atoms with Crippen LogP contribution in [0, 0.1) is 5.92 Å². The fraction of sp³-hybridized carbons (Fsp3) is 0.647. The highest BCUT2D eigenvalue weighted by Crippen LogP contribution is 2.10. The van der Waals surface area contributed by atoms with Crippen molar-refractivity contribution in [3.8, 4) is 5.75 Å². The molecule has 1 aromatic carbocycles. The predicted molar refractivity (Wildman–Crippen MR) is 84.3 cm³/mol. The van der Waals surface area contributed by atoms with Gasteiger partial charge in [0, 0.05) is 6.54 Å². The molecule has 112 valence electrons. The number of hydrogen-bond acceptors (Lipinski definition) is 3. The first-order valence-corrected chi connectivity index (χ1v) is 7.95. The summed E-state index contributed by atoms with van der Waals surface area (Å²) in [5, 5.41) is 3.54. The molecule has 0 aromatic heterocycles. The van der Waals surface area contributed by atoms with Crippen LogP contribution in [0.1, 0.15) is 26.2 Å². The summed E-state index contributed by atoms with van der Waals surface area (Å²) in [6.45, 7) is 9.13. The highest BCUT2D eigenvalue weighted by molar-refractivity contribution is 5.20. The van der Waals surface area contributed by atoms with E-state index < -0.39 is 0 Å². The molecule has 2 rings (SSSR count). The molecule has 1 fully saturated rings. The first-order valence-electron chi connectivity index (χ1n) is 7.95. The molecule has 0 spiro atoms. The molecule has 3 nitrogen and oxygen atoms in total. The van der Waals surface area contributed by atoms with E-state index >= 15 is 0 Å². The molecule has 0 aliphatic carbocycles. The second-order valence-electron chi connectivity index (χ2n) is 5.83. The quantitative estimate of drug-likeness (QED) is 0.702. The lowest BCUT2D eigenvalue weighted by Gasteiger charge is -2.20. The van der Waals surface area contributed by atoms with E-state index in [9.17, 15) is 0 Å². The third kappa shape index (κ3) is 5.93. The smallest absolute Gasteiger partial charge is 0.119 e. The summed E-state index contributed by atoms with van der Waals surface area (Å²) in [5.74, 6) is 1.71. The van der Waals surface area contributed by atoms with Crippen LogP contribution in [-0.2, 0) is 0 Å². The lowest BCUT2D eigenvalue weighted by atomic mass is 10.1. The second kappa shape index (κ2) is 8.98. The largest absolute Gasteiger partial charge is 0.494 e. The van der Waals surface area contributed by atoms with Gasteiger partial charge in [-0.2, -0.15) is 0 Å². The molecule has 20 heavy (non-hydrogen) atoms. The monoisotopic (exact) mass is 276 g/mol. The second-order valence-corrected chi connectivity index (χ2v) is 5.83. The van der Waals surface area contributed by atoms with E-state index in [1.165, 1.54) is 32.5 Å². The molecule has 0 bridgehead atoms. The highest BCUT2D eigenvalue weighted by atomic mass is 16.5. The highest BCUT2D eigenvalue weighted by Gasteiger charge is 2.13. The van der Waals surface area contributed by atoms with Gasteiger partial charge >= 0.3 is 0 Å². The molecular weight excluding hydrogens is 248 g/mol. The minimum Gasteiger partial charge on any atom is -0.494 e. The van der Waals surface area contributed by atoms with Crippen molar-refractivity contribution in [2.75, 3.05) is 39.3 Å². The van der Waals surface area contributed by atoms with Crippen molar-refractivity contribution in [2.45, 2.75) is 26.2 Å². The third-order valence-electron chi connectivity index (χ3n) is 3.77. The zero-order valence-electron chi connectivity index (χ0n) is 12.7. The van der Waals surface area contributed by atoms with Gasteiger partial charge in [-0.05, 0) is 63.5 Å². The molecule has 0 radical (unpaired) electrons. The molecule has 0 saturated carbocycles. The van der Waals surface area contributed by atoms with E-state index in [0.717, 1.165) is 37.8 Å². The van der Waals surface area contributed by atoms with Crippen LogP contribution in [0.4, 0.5) is 0 Å². The molecule has 1 heterocycles. The van der Waals surface area contributed by atoms with Crippen LogP contribution in [0.3, 0.4) is 0 Å². The Labute approximate surface area is 123 Å². The third-order valence-corrected chi connectivity index (χ3v) is 3.77. The zero-order valence-corrected chi connectivity index (χ0v) is 12.7. The van der Waals surface area contributed by atoms with Crippen molar-refractivity contribution in [1.82, 2.24) is 10.2 Å². The Balaban J connectivity index is 1.45. The fourth-order valence-electron chi connectivity index (χ4n) is 2.72. The zero-order chi connectivity index (χ0) is 14.0. The standard InChI is InChI=1S/C17H28N2O/c1-16(15-19-11-5-6-12-19)14-18-10-7-13-20-17-8-3-2-4-9-17/h2-4,8-9,16,18H,5-7,10-15H2,1H3. The van der Waals surface area contributed by atoms with Gasteiger partial charge in [-0.15, -0.1) is 0 Å². The number of likely N-dealkylation sites (tertiary alicyclic amines) is 1. The van der Waals surface area contributed by atoms with Crippen LogP contribution in [0.25, 0.3) is 0 Å². The lowest BCUT2D eigenvalue weighted by Crippen LogP contribution is -2.32. The van der Waals surface area contributed by atoms with Crippen molar-refractivity contribution in [1.29, 1.82) is 0 Å². The summed E-state index contributed by atoms with van der Waals surface area (Å²) in [6.07, 6.45) is 3.83. The van der Waals surface area contributed by atoms with E-state index in [1.54, 1.807) is 0 Å². The van der Waals surface area contributed by atoms with Crippen molar-refractivity contribution >= 4 is 0 Å². The molecule has 0 amide bonds. The topological polar surface area (TPSA) is 24.5 Å². The van der Waals surface area contributed by atoms with Crippen molar-refractivity contribution < 1.29 is 4.74 Å². The molecule has 1 unspecified atom stereocenters. The Kier molecular flexibility index (Phi) is 6.89. The van der Waals surface area contributed by atoms with Crippen molar-refractivity contribution in [3.05, 3.63) is 30.3 Å². The molecule has 1 atom stereocenters. The number of rotatable bonds is 9. The molecule has 1 aliphatic heterocycles. The molecule has 1 N–H and O–H groups in total. The maximum Gasteiger partial charge on any atom is 0.119 e. The van der Waals surface area contributed by atoms with E-state index in [4.69, 9.17) is 4.74 Å². The van der Waals surface area contributed by atoms with Crippen molar-refractivity contribution in [3.63, 3.8) is 0 Å². The minimum atomic E-state index is 0.739. The first-order chi connectivity index (χ1) is 9.84. The van der Waals surface area contributed by atoms with Crippen LogP contribution in [0.15, 0.2) is 30.3 Å². The lowest BCUT2D eigenvalue weighted by molar-refractivity contribution is 0.277. The maximum atomic E-state index is 5.67. The van der Waals surface area contributed by atoms with Gasteiger partial charge in [0.25, 0.3) is 0 Å². The van der Waals surface area contributed by atoms with Gasteiger partial charge in [-0.3, -0.25) is 0 Å². The number of benzene rings is 1. The van der Waals surface area contributed by atoms with Crippen LogP contribution in [-0.4, -0.2) is 44.2 Å². The van der Waals surface area contributed by atoms with Gasteiger partial charge in [0.2, 0.25) is 0 Å². The number of para-hydroxylation sites is 1. The van der Waals surface area contributed by atoms with E-state index in [-0.39, 0.29) is 0 Å². The maximum absolute atomic E-state index is 5.67. The van der Waals surface area contributed by atoms with Gasteiger partial charge in [-0.1, -0.05) is 25.1 Å². The van der Waals surface area contributed by atoms with Crippen LogP contribution >= 0.6 is 0 Å². The number of nitrogens with zero attached hydrogens (tertiary/aromatic N) is 1. The van der Waals surface area contributed by atoms with Crippen LogP contribution in [0.2, 0.25) is 0 Å². The average molecular weight is 276 g/mol. The van der Waals surface area contributed by atoms with Crippen molar-refractivity contribution in [2.24, 2.45) is 5.92 Å². The van der Waals surface area contributed by atoms with Gasteiger partial charge in [0.1, 0.15) is 5.75 Å². The average Bonchev–Trinajstić information content (AvgIpc) is 2.96. The normalized spacial score (nSPS) is 17.2. The molecular formula is C17H28N2O. The van der Waals surface area contributed by atoms with Crippen LogP contribution in [0.5, 0.6) is 5.75 Å².